The van der Waals surface area contributed by atoms with Crippen LogP contribution in [0.15, 0.2) is 0 Å². The molecule has 0 amide bonds. The number of hydrogen-bond acceptors (Lipinski definition) is 3. The van der Waals surface area contributed by atoms with Gasteiger partial charge in [-0.3, -0.25) is 4.90 Å². The maximum absolute atomic E-state index is 4.55. The van der Waals surface area contributed by atoms with E-state index in [1.54, 1.807) is 0 Å². The maximum Gasteiger partial charge on any atom is 0.146 e. The van der Waals surface area contributed by atoms with Gasteiger partial charge in [0.15, 0.2) is 0 Å². The van der Waals surface area contributed by atoms with E-state index in [1.165, 1.54) is 88.8 Å². The molecule has 0 spiro atoms. The van der Waals surface area contributed by atoms with E-state index in [4.69, 9.17) is 0 Å². The van der Waals surface area contributed by atoms with Crippen molar-refractivity contribution in [2.75, 3.05) is 6.54 Å². The lowest BCUT2D eigenvalue weighted by Crippen LogP contribution is -2.41. The van der Waals surface area contributed by atoms with Crippen molar-refractivity contribution < 1.29 is 0 Å². The van der Waals surface area contributed by atoms with E-state index < -0.39 is 0 Å². The van der Waals surface area contributed by atoms with Gasteiger partial charge in [-0.05, 0) is 51.0 Å². The second-order valence-electron chi connectivity index (χ2n) is 8.09. The normalized spacial score (nSPS) is 28.0. The van der Waals surface area contributed by atoms with Crippen LogP contribution in [-0.4, -0.2) is 32.3 Å². The molecule has 0 unspecified atom stereocenters. The van der Waals surface area contributed by atoms with Crippen LogP contribution in [0.5, 0.6) is 0 Å². The standard InChI is InChI=1S/C19H32N4/c1-22-18(20-21-19(22)16-11-12-16)14-23-13-7-3-6-10-17(23)15-8-4-2-5-9-15/h15-17H,2-14H2,1H3/t17-/m1/s1. The summed E-state index contributed by atoms with van der Waals surface area (Å²) < 4.78 is 2.29. The van der Waals surface area contributed by atoms with Crippen LogP contribution in [0, 0.1) is 5.92 Å². The van der Waals surface area contributed by atoms with Crippen LogP contribution in [0.3, 0.4) is 0 Å². The lowest BCUT2D eigenvalue weighted by atomic mass is 9.81. The predicted molar refractivity (Wildman–Crippen MR) is 92.2 cm³/mol. The summed E-state index contributed by atoms with van der Waals surface area (Å²) in [6.07, 6.45) is 15.5. The molecule has 2 heterocycles. The third-order valence-electron chi connectivity index (χ3n) is 6.39. The zero-order valence-electron chi connectivity index (χ0n) is 14.7. The molecule has 1 aromatic rings. The summed E-state index contributed by atoms with van der Waals surface area (Å²) in [5.41, 5.74) is 0. The van der Waals surface area contributed by atoms with Gasteiger partial charge < -0.3 is 4.57 Å². The predicted octanol–water partition coefficient (Wildman–Crippen LogP) is 4.02. The van der Waals surface area contributed by atoms with E-state index in [9.17, 15) is 0 Å². The third kappa shape index (κ3) is 3.47. The highest BCUT2D eigenvalue weighted by Gasteiger charge is 2.32. The Morgan fingerprint density at radius 2 is 1.61 bits per heavy atom. The summed E-state index contributed by atoms with van der Waals surface area (Å²) >= 11 is 0. The highest BCUT2D eigenvalue weighted by Crippen LogP contribution is 2.39. The molecular weight excluding hydrogens is 284 g/mol. The van der Waals surface area contributed by atoms with E-state index in [0.717, 1.165) is 18.5 Å². The fourth-order valence-corrected chi connectivity index (χ4v) is 4.83. The molecule has 128 valence electrons. The first-order valence-corrected chi connectivity index (χ1v) is 9.95. The Labute approximate surface area is 140 Å². The third-order valence-corrected chi connectivity index (χ3v) is 6.39. The van der Waals surface area contributed by atoms with E-state index in [1.807, 2.05) is 0 Å². The Morgan fingerprint density at radius 3 is 2.39 bits per heavy atom. The molecule has 1 atom stereocenters. The highest BCUT2D eigenvalue weighted by atomic mass is 15.3. The fourth-order valence-electron chi connectivity index (χ4n) is 4.83. The molecule has 2 aliphatic carbocycles. The number of hydrogen-bond donors (Lipinski definition) is 0. The molecule has 0 N–H and O–H groups in total. The quantitative estimate of drug-likeness (QED) is 0.841. The molecule has 2 saturated carbocycles. The van der Waals surface area contributed by atoms with Gasteiger partial charge in [-0.1, -0.05) is 32.1 Å². The van der Waals surface area contributed by atoms with E-state index in [-0.39, 0.29) is 0 Å². The summed E-state index contributed by atoms with van der Waals surface area (Å²) in [5.74, 6) is 4.04. The molecule has 23 heavy (non-hydrogen) atoms. The molecule has 1 aromatic heterocycles. The molecule has 0 bridgehead atoms. The van der Waals surface area contributed by atoms with Crippen LogP contribution in [0.1, 0.15) is 88.2 Å². The Kier molecular flexibility index (Phi) is 4.70. The summed E-state index contributed by atoms with van der Waals surface area (Å²) in [4.78, 5) is 2.77. The number of rotatable bonds is 4. The first kappa shape index (κ1) is 15.6. The Morgan fingerprint density at radius 1 is 0.870 bits per heavy atom. The average Bonchev–Trinajstić information content (AvgIpc) is 3.38. The molecule has 3 fully saturated rings. The van der Waals surface area contributed by atoms with E-state index in [0.29, 0.717) is 5.92 Å². The van der Waals surface area contributed by atoms with Crippen LogP contribution in [0.25, 0.3) is 0 Å². The molecule has 1 saturated heterocycles. The van der Waals surface area contributed by atoms with Gasteiger partial charge in [0.1, 0.15) is 11.6 Å². The van der Waals surface area contributed by atoms with Crippen LogP contribution in [0.4, 0.5) is 0 Å². The largest absolute Gasteiger partial charge is 0.317 e. The molecule has 4 nitrogen and oxygen atoms in total. The van der Waals surface area contributed by atoms with Crippen molar-refractivity contribution in [2.45, 2.75) is 89.1 Å². The van der Waals surface area contributed by atoms with Gasteiger partial charge in [-0.2, -0.15) is 0 Å². The van der Waals surface area contributed by atoms with Crippen LogP contribution < -0.4 is 0 Å². The van der Waals surface area contributed by atoms with Gasteiger partial charge in [0.05, 0.1) is 6.54 Å². The number of likely N-dealkylation sites (tertiary alicyclic amines) is 1. The number of aromatic nitrogens is 3. The first-order valence-electron chi connectivity index (χ1n) is 9.95. The van der Waals surface area contributed by atoms with Crippen molar-refractivity contribution in [2.24, 2.45) is 13.0 Å². The lowest BCUT2D eigenvalue weighted by Gasteiger charge is -2.37. The molecule has 0 radical (unpaired) electrons. The summed E-state index contributed by atoms with van der Waals surface area (Å²) in [6.45, 7) is 2.27. The van der Waals surface area contributed by atoms with Crippen molar-refractivity contribution in [1.29, 1.82) is 0 Å². The van der Waals surface area contributed by atoms with Crippen molar-refractivity contribution in [1.82, 2.24) is 19.7 Å². The summed E-state index contributed by atoms with van der Waals surface area (Å²) in [6, 6.07) is 0.791. The lowest BCUT2D eigenvalue weighted by molar-refractivity contribution is 0.108. The summed E-state index contributed by atoms with van der Waals surface area (Å²) in [7, 11) is 2.18. The van der Waals surface area contributed by atoms with Crippen LogP contribution in [0.2, 0.25) is 0 Å². The zero-order chi connectivity index (χ0) is 15.6. The van der Waals surface area contributed by atoms with Crippen molar-refractivity contribution in [3.05, 3.63) is 11.6 Å². The highest BCUT2D eigenvalue weighted by molar-refractivity contribution is 5.08. The minimum absolute atomic E-state index is 0.694. The van der Waals surface area contributed by atoms with Gasteiger partial charge in [-0.15, -0.1) is 10.2 Å². The second kappa shape index (κ2) is 6.92. The maximum atomic E-state index is 4.55. The molecule has 4 heteroatoms. The second-order valence-corrected chi connectivity index (χ2v) is 8.09. The van der Waals surface area contributed by atoms with Crippen molar-refractivity contribution in [3.63, 3.8) is 0 Å². The zero-order valence-corrected chi connectivity index (χ0v) is 14.7. The van der Waals surface area contributed by atoms with Gasteiger partial charge in [-0.25, -0.2) is 0 Å². The minimum atomic E-state index is 0.694. The summed E-state index contributed by atoms with van der Waals surface area (Å²) in [5, 5.41) is 9.04. The van der Waals surface area contributed by atoms with E-state index >= 15 is 0 Å². The van der Waals surface area contributed by atoms with Gasteiger partial charge in [0.25, 0.3) is 0 Å². The van der Waals surface area contributed by atoms with Gasteiger partial charge >= 0.3 is 0 Å². The molecular formula is C19H32N4. The smallest absolute Gasteiger partial charge is 0.146 e. The van der Waals surface area contributed by atoms with Crippen molar-refractivity contribution >= 4 is 0 Å². The molecule has 1 aliphatic heterocycles. The Bertz CT molecular complexity index is 513. The molecule has 4 rings (SSSR count). The number of nitrogens with zero attached hydrogens (tertiary/aromatic N) is 4. The Hall–Kier alpha value is -0.900. The fraction of sp³-hybridized carbons (Fsp3) is 0.895. The monoisotopic (exact) mass is 316 g/mol. The SMILES string of the molecule is Cn1c(CN2CCCCC[C@@H]2C2CCCCC2)nnc1C1CC1. The van der Waals surface area contributed by atoms with Crippen molar-refractivity contribution in [3.8, 4) is 0 Å². The van der Waals surface area contributed by atoms with Gasteiger partial charge in [0.2, 0.25) is 0 Å². The topological polar surface area (TPSA) is 34.0 Å². The minimum Gasteiger partial charge on any atom is -0.317 e. The first-order chi connectivity index (χ1) is 11.3. The van der Waals surface area contributed by atoms with Crippen LogP contribution >= 0.6 is 0 Å². The van der Waals surface area contributed by atoms with Crippen LogP contribution in [-0.2, 0) is 13.6 Å². The Balaban J connectivity index is 1.49. The molecule has 3 aliphatic rings. The average molecular weight is 316 g/mol. The van der Waals surface area contributed by atoms with Gasteiger partial charge in [0, 0.05) is 19.0 Å². The molecule has 0 aromatic carbocycles. The van der Waals surface area contributed by atoms with E-state index in [2.05, 4.69) is 26.7 Å².